The topological polar surface area (TPSA) is 60.7 Å². The van der Waals surface area contributed by atoms with E-state index in [1.54, 1.807) is 13.8 Å². The standard InChI is InChI=1S/C29H44F2O3/c1-6-28(34,7-2)29(30,31)16-14-19(3)24-12-13-25-21(9-8-15-27(24,25)5)10-11-22-17-23(32)18-26(33)20(22)4/h10-12,19,23,25-26,32-34H,4,6-9,13-18H2,1-3,5H3/b21-10+,22-11-/t19-,23+,25+,26-,27-/m1/s1. The highest BCUT2D eigenvalue weighted by Crippen LogP contribution is 2.57. The summed E-state index contributed by atoms with van der Waals surface area (Å²) in [5, 5.41) is 30.6. The highest BCUT2D eigenvalue weighted by Gasteiger charge is 2.51. The Labute approximate surface area is 204 Å². The van der Waals surface area contributed by atoms with Crippen molar-refractivity contribution in [3.63, 3.8) is 0 Å². The van der Waals surface area contributed by atoms with Gasteiger partial charge in [0.15, 0.2) is 0 Å². The zero-order valence-electron chi connectivity index (χ0n) is 21.4. The molecule has 3 nitrogen and oxygen atoms in total. The van der Waals surface area contributed by atoms with Gasteiger partial charge in [-0.15, -0.1) is 0 Å². The van der Waals surface area contributed by atoms with E-state index in [1.165, 1.54) is 11.1 Å². The largest absolute Gasteiger partial charge is 0.393 e. The molecule has 192 valence electrons. The number of alkyl halides is 2. The lowest BCUT2D eigenvalue weighted by Gasteiger charge is -2.43. The van der Waals surface area contributed by atoms with Crippen molar-refractivity contribution in [3.05, 3.63) is 47.1 Å². The van der Waals surface area contributed by atoms with Crippen LogP contribution in [0.5, 0.6) is 0 Å². The predicted molar refractivity (Wildman–Crippen MR) is 134 cm³/mol. The fourth-order valence-electron chi connectivity index (χ4n) is 6.63. The maximum Gasteiger partial charge on any atom is 0.276 e. The highest BCUT2D eigenvalue weighted by molar-refractivity contribution is 5.40. The Bertz CT molecular complexity index is 851. The fourth-order valence-corrected chi connectivity index (χ4v) is 6.63. The zero-order chi connectivity index (χ0) is 25.3. The second kappa shape index (κ2) is 10.4. The molecular weight excluding hydrogens is 434 g/mol. The van der Waals surface area contributed by atoms with Crippen LogP contribution in [0.15, 0.2) is 47.1 Å². The molecule has 0 unspecified atom stereocenters. The van der Waals surface area contributed by atoms with Gasteiger partial charge in [0.05, 0.1) is 12.2 Å². The van der Waals surface area contributed by atoms with E-state index >= 15 is 0 Å². The van der Waals surface area contributed by atoms with Gasteiger partial charge in [0.1, 0.15) is 5.60 Å². The van der Waals surface area contributed by atoms with E-state index in [4.69, 9.17) is 0 Å². The smallest absolute Gasteiger partial charge is 0.276 e. The molecule has 34 heavy (non-hydrogen) atoms. The van der Waals surface area contributed by atoms with Crippen molar-refractivity contribution in [1.29, 1.82) is 0 Å². The molecule has 3 aliphatic carbocycles. The maximum atomic E-state index is 14.8. The van der Waals surface area contributed by atoms with Crippen molar-refractivity contribution < 1.29 is 24.1 Å². The number of hydrogen-bond donors (Lipinski definition) is 3. The Kier molecular flexibility index (Phi) is 8.32. The number of aliphatic hydroxyl groups excluding tert-OH is 2. The highest BCUT2D eigenvalue weighted by atomic mass is 19.3. The summed E-state index contributed by atoms with van der Waals surface area (Å²) in [6.45, 7) is 11.6. The molecule has 3 aliphatic rings. The van der Waals surface area contributed by atoms with Crippen LogP contribution in [0, 0.1) is 17.3 Å². The lowest BCUT2D eigenvalue weighted by atomic mass is 9.62. The average Bonchev–Trinajstić information content (AvgIpc) is 3.15. The Morgan fingerprint density at radius 1 is 1.24 bits per heavy atom. The molecule has 0 aromatic carbocycles. The Morgan fingerprint density at radius 2 is 1.91 bits per heavy atom. The van der Waals surface area contributed by atoms with Crippen LogP contribution in [-0.4, -0.2) is 39.1 Å². The second-order valence-electron chi connectivity index (χ2n) is 11.2. The monoisotopic (exact) mass is 478 g/mol. The van der Waals surface area contributed by atoms with E-state index in [0.29, 0.717) is 30.8 Å². The number of aliphatic hydroxyl groups is 3. The van der Waals surface area contributed by atoms with Gasteiger partial charge in [0.2, 0.25) is 0 Å². The minimum Gasteiger partial charge on any atom is -0.393 e. The first kappa shape index (κ1) is 27.3. The molecule has 2 saturated carbocycles. The Hall–Kier alpha value is -1.30. The fraction of sp³-hybridized carbons (Fsp3) is 0.724. The van der Waals surface area contributed by atoms with Crippen molar-refractivity contribution in [3.8, 4) is 0 Å². The third-order valence-electron chi connectivity index (χ3n) is 9.15. The van der Waals surface area contributed by atoms with Gasteiger partial charge in [-0.2, -0.15) is 0 Å². The van der Waals surface area contributed by atoms with Crippen LogP contribution < -0.4 is 0 Å². The van der Waals surface area contributed by atoms with Gasteiger partial charge in [0, 0.05) is 12.8 Å². The van der Waals surface area contributed by atoms with Gasteiger partial charge in [-0.05, 0) is 79.8 Å². The zero-order valence-corrected chi connectivity index (χ0v) is 21.4. The molecule has 5 heteroatoms. The van der Waals surface area contributed by atoms with Crippen LogP contribution >= 0.6 is 0 Å². The van der Waals surface area contributed by atoms with Crippen molar-refractivity contribution in [1.82, 2.24) is 0 Å². The van der Waals surface area contributed by atoms with Crippen LogP contribution in [0.2, 0.25) is 0 Å². The van der Waals surface area contributed by atoms with Crippen molar-refractivity contribution in [2.45, 2.75) is 116 Å². The van der Waals surface area contributed by atoms with E-state index in [0.717, 1.165) is 31.3 Å². The molecule has 3 N–H and O–H groups in total. The summed E-state index contributed by atoms with van der Waals surface area (Å²) in [6, 6.07) is 0. The van der Waals surface area contributed by atoms with E-state index < -0.39 is 23.7 Å². The lowest BCUT2D eigenvalue weighted by molar-refractivity contribution is -0.189. The van der Waals surface area contributed by atoms with Gasteiger partial charge in [-0.3, -0.25) is 0 Å². The predicted octanol–water partition coefficient (Wildman–Crippen LogP) is 6.65. The third kappa shape index (κ3) is 5.12. The van der Waals surface area contributed by atoms with Crippen LogP contribution in [0.1, 0.15) is 91.9 Å². The van der Waals surface area contributed by atoms with Crippen molar-refractivity contribution in [2.24, 2.45) is 17.3 Å². The molecule has 0 heterocycles. The first-order valence-corrected chi connectivity index (χ1v) is 13.1. The molecule has 0 bridgehead atoms. The lowest BCUT2D eigenvalue weighted by Crippen LogP contribution is -2.47. The summed E-state index contributed by atoms with van der Waals surface area (Å²) in [4.78, 5) is 0. The molecule has 3 rings (SSSR count). The van der Waals surface area contributed by atoms with Crippen LogP contribution in [-0.2, 0) is 0 Å². The average molecular weight is 479 g/mol. The Morgan fingerprint density at radius 3 is 2.56 bits per heavy atom. The minimum atomic E-state index is -3.09. The SMILES string of the molecule is C=C1/C(=C\C=C2/CCC[C@]3(C)C([C@H](C)CCC(F)(F)C(O)(CC)CC)=CC[C@@H]23)C[C@H](O)C[C@H]1O. The molecule has 0 aromatic rings. The van der Waals surface area contributed by atoms with Gasteiger partial charge >= 0.3 is 0 Å². The number of halogens is 2. The molecule has 5 atom stereocenters. The van der Waals surface area contributed by atoms with Crippen LogP contribution in [0.25, 0.3) is 0 Å². The van der Waals surface area contributed by atoms with E-state index in [1.807, 2.05) is 6.08 Å². The molecule has 0 aliphatic heterocycles. The summed E-state index contributed by atoms with van der Waals surface area (Å²) in [5.41, 5.74) is 2.29. The van der Waals surface area contributed by atoms with Crippen LogP contribution in [0.4, 0.5) is 8.78 Å². The van der Waals surface area contributed by atoms with Gasteiger partial charge < -0.3 is 15.3 Å². The van der Waals surface area contributed by atoms with Crippen LogP contribution in [0.3, 0.4) is 0 Å². The number of allylic oxidation sites excluding steroid dienone is 5. The van der Waals surface area contributed by atoms with Gasteiger partial charge in [-0.1, -0.05) is 63.6 Å². The van der Waals surface area contributed by atoms with E-state index in [-0.39, 0.29) is 30.6 Å². The van der Waals surface area contributed by atoms with E-state index in [2.05, 4.69) is 32.6 Å². The van der Waals surface area contributed by atoms with Crippen molar-refractivity contribution >= 4 is 0 Å². The Balaban J connectivity index is 1.73. The number of fused-ring (bicyclic) bond motifs is 1. The first-order chi connectivity index (χ1) is 15.9. The molecule has 0 aromatic heterocycles. The summed E-state index contributed by atoms with van der Waals surface area (Å²) in [5.74, 6) is -2.70. The molecule has 0 saturated heterocycles. The number of hydrogen-bond acceptors (Lipinski definition) is 3. The number of rotatable bonds is 8. The van der Waals surface area contributed by atoms with Gasteiger partial charge in [0.25, 0.3) is 5.92 Å². The molecular formula is C29H44F2O3. The summed E-state index contributed by atoms with van der Waals surface area (Å²) >= 11 is 0. The minimum absolute atomic E-state index is 0.0360. The summed E-state index contributed by atoms with van der Waals surface area (Å²) in [6.07, 6.45) is 10.3. The van der Waals surface area contributed by atoms with Crippen molar-refractivity contribution in [2.75, 3.05) is 0 Å². The first-order valence-electron chi connectivity index (χ1n) is 13.1. The molecule has 2 fully saturated rings. The summed E-state index contributed by atoms with van der Waals surface area (Å²) < 4.78 is 29.7. The quantitative estimate of drug-likeness (QED) is 0.342. The van der Waals surface area contributed by atoms with Gasteiger partial charge in [-0.25, -0.2) is 8.78 Å². The summed E-state index contributed by atoms with van der Waals surface area (Å²) in [7, 11) is 0. The third-order valence-corrected chi connectivity index (χ3v) is 9.15. The normalized spacial score (nSPS) is 33.9. The maximum absolute atomic E-state index is 14.8. The van der Waals surface area contributed by atoms with E-state index in [9.17, 15) is 24.1 Å². The molecule has 0 radical (unpaired) electrons. The molecule has 0 amide bonds. The molecule has 0 spiro atoms. The second-order valence-corrected chi connectivity index (χ2v) is 11.2.